The van der Waals surface area contributed by atoms with Gasteiger partial charge in [0.25, 0.3) is 0 Å². The third-order valence-electron chi connectivity index (χ3n) is 3.98. The van der Waals surface area contributed by atoms with Crippen molar-refractivity contribution in [3.05, 3.63) is 54.6 Å². The van der Waals surface area contributed by atoms with Crippen molar-refractivity contribution in [2.45, 2.75) is 0 Å². The summed E-state index contributed by atoms with van der Waals surface area (Å²) in [5, 5.41) is 1.24. The van der Waals surface area contributed by atoms with Gasteiger partial charge in [0.1, 0.15) is 6.67 Å². The first-order valence-electron chi connectivity index (χ1n) is 7.12. The normalized spacial score (nSPS) is 11.0. The monoisotopic (exact) mass is 282 g/mol. The van der Waals surface area contributed by atoms with Crippen LogP contribution in [0.1, 0.15) is 0 Å². The number of alkyl halides is 1. The SMILES string of the molecule is CN(CCF)c1ccc(-c2cc3ccccc3n2C)cc1. The molecule has 0 saturated heterocycles. The second-order valence-electron chi connectivity index (χ2n) is 5.30. The predicted molar refractivity (Wildman–Crippen MR) is 87.6 cm³/mol. The van der Waals surface area contributed by atoms with Crippen LogP contribution < -0.4 is 4.90 Å². The first kappa shape index (κ1) is 13.7. The first-order valence-corrected chi connectivity index (χ1v) is 7.12. The Balaban J connectivity index is 1.97. The number of halogens is 1. The lowest BCUT2D eigenvalue weighted by Crippen LogP contribution is -2.19. The van der Waals surface area contributed by atoms with Gasteiger partial charge in [-0.25, -0.2) is 4.39 Å². The highest BCUT2D eigenvalue weighted by Crippen LogP contribution is 2.28. The number of para-hydroxylation sites is 1. The Kier molecular flexibility index (Phi) is 3.65. The molecule has 0 aliphatic rings. The van der Waals surface area contributed by atoms with Gasteiger partial charge in [0.15, 0.2) is 0 Å². The number of anilines is 1. The molecule has 3 aromatic rings. The lowest BCUT2D eigenvalue weighted by atomic mass is 10.1. The van der Waals surface area contributed by atoms with E-state index < -0.39 is 0 Å². The maximum atomic E-state index is 12.4. The van der Waals surface area contributed by atoms with E-state index in [4.69, 9.17) is 0 Å². The summed E-state index contributed by atoms with van der Waals surface area (Å²) in [5.41, 5.74) is 4.63. The van der Waals surface area contributed by atoms with Gasteiger partial charge in [0, 0.05) is 42.9 Å². The zero-order valence-electron chi connectivity index (χ0n) is 12.4. The van der Waals surface area contributed by atoms with E-state index in [0.717, 1.165) is 5.69 Å². The summed E-state index contributed by atoms with van der Waals surface area (Å²) >= 11 is 0. The molecular weight excluding hydrogens is 263 g/mol. The second kappa shape index (κ2) is 5.60. The van der Waals surface area contributed by atoms with Crippen molar-refractivity contribution in [1.82, 2.24) is 4.57 Å². The Hall–Kier alpha value is -2.29. The van der Waals surface area contributed by atoms with Crippen molar-refractivity contribution in [1.29, 1.82) is 0 Å². The minimum atomic E-state index is -0.332. The summed E-state index contributed by atoms with van der Waals surface area (Å²) in [4.78, 5) is 1.92. The van der Waals surface area contributed by atoms with Crippen molar-refractivity contribution in [2.24, 2.45) is 7.05 Å². The molecule has 3 rings (SSSR count). The summed E-state index contributed by atoms with van der Waals surface area (Å²) in [6.45, 7) is 0.0921. The van der Waals surface area contributed by atoms with Crippen LogP contribution >= 0.6 is 0 Å². The van der Waals surface area contributed by atoms with Crippen LogP contribution in [0, 0.1) is 0 Å². The molecule has 21 heavy (non-hydrogen) atoms. The number of benzene rings is 2. The molecule has 1 aromatic heterocycles. The van der Waals surface area contributed by atoms with Crippen molar-refractivity contribution < 1.29 is 4.39 Å². The Morgan fingerprint density at radius 2 is 1.76 bits per heavy atom. The average Bonchev–Trinajstić information content (AvgIpc) is 2.85. The Bertz CT molecular complexity index is 744. The van der Waals surface area contributed by atoms with E-state index in [-0.39, 0.29) is 6.67 Å². The number of fused-ring (bicyclic) bond motifs is 1. The van der Waals surface area contributed by atoms with Crippen LogP contribution in [-0.4, -0.2) is 24.8 Å². The van der Waals surface area contributed by atoms with Crippen LogP contribution in [0.5, 0.6) is 0 Å². The number of aryl methyl sites for hydroxylation is 1. The molecule has 2 aromatic carbocycles. The highest BCUT2D eigenvalue weighted by molar-refractivity contribution is 5.87. The van der Waals surface area contributed by atoms with Crippen LogP contribution in [0.25, 0.3) is 22.2 Å². The van der Waals surface area contributed by atoms with Gasteiger partial charge in [-0.3, -0.25) is 0 Å². The maximum absolute atomic E-state index is 12.4. The number of hydrogen-bond donors (Lipinski definition) is 0. The summed E-state index contributed by atoms with van der Waals surface area (Å²) in [6, 6.07) is 18.9. The summed E-state index contributed by atoms with van der Waals surface area (Å²) < 4.78 is 14.6. The van der Waals surface area contributed by atoms with Crippen molar-refractivity contribution in [3.63, 3.8) is 0 Å². The number of hydrogen-bond acceptors (Lipinski definition) is 1. The molecule has 0 atom stereocenters. The minimum Gasteiger partial charge on any atom is -0.372 e. The molecule has 0 N–H and O–H groups in total. The molecule has 0 saturated carbocycles. The zero-order chi connectivity index (χ0) is 14.8. The molecule has 0 radical (unpaired) electrons. The maximum Gasteiger partial charge on any atom is 0.107 e. The van der Waals surface area contributed by atoms with Gasteiger partial charge in [-0.1, -0.05) is 30.3 Å². The molecule has 1 heterocycles. The molecule has 2 nitrogen and oxygen atoms in total. The summed E-state index contributed by atoms with van der Waals surface area (Å²) in [7, 11) is 3.99. The Morgan fingerprint density at radius 3 is 2.43 bits per heavy atom. The molecule has 0 unspecified atom stereocenters. The van der Waals surface area contributed by atoms with Gasteiger partial charge in [-0.05, 0) is 29.8 Å². The van der Waals surface area contributed by atoms with Crippen molar-refractivity contribution in [2.75, 3.05) is 25.2 Å². The van der Waals surface area contributed by atoms with Gasteiger partial charge in [0.2, 0.25) is 0 Å². The van der Waals surface area contributed by atoms with E-state index in [0.29, 0.717) is 6.54 Å². The predicted octanol–water partition coefficient (Wildman–Crippen LogP) is 4.25. The lowest BCUT2D eigenvalue weighted by molar-refractivity contribution is 0.497. The lowest BCUT2D eigenvalue weighted by Gasteiger charge is -2.17. The van der Waals surface area contributed by atoms with Crippen LogP contribution in [0.2, 0.25) is 0 Å². The van der Waals surface area contributed by atoms with Crippen LogP contribution in [-0.2, 0) is 7.05 Å². The van der Waals surface area contributed by atoms with E-state index in [1.54, 1.807) is 0 Å². The second-order valence-corrected chi connectivity index (χ2v) is 5.30. The number of rotatable bonds is 4. The first-order chi connectivity index (χ1) is 10.2. The molecule has 0 amide bonds. The van der Waals surface area contributed by atoms with E-state index in [1.165, 1.54) is 22.2 Å². The van der Waals surface area contributed by atoms with Gasteiger partial charge in [0.05, 0.1) is 0 Å². The van der Waals surface area contributed by atoms with E-state index in [1.807, 2.05) is 24.1 Å². The molecule has 3 heteroatoms. The average molecular weight is 282 g/mol. The molecule has 0 aliphatic carbocycles. The molecule has 0 aliphatic heterocycles. The number of nitrogens with zero attached hydrogens (tertiary/aromatic N) is 2. The molecule has 0 fully saturated rings. The smallest absolute Gasteiger partial charge is 0.107 e. The topological polar surface area (TPSA) is 8.17 Å². The molecule has 0 bridgehead atoms. The largest absolute Gasteiger partial charge is 0.372 e. The quantitative estimate of drug-likeness (QED) is 0.694. The Morgan fingerprint density at radius 1 is 1.05 bits per heavy atom. The van der Waals surface area contributed by atoms with Crippen LogP contribution in [0.15, 0.2) is 54.6 Å². The van der Waals surface area contributed by atoms with Gasteiger partial charge >= 0.3 is 0 Å². The van der Waals surface area contributed by atoms with Crippen molar-refractivity contribution >= 4 is 16.6 Å². The molecular formula is C18H19FN2. The van der Waals surface area contributed by atoms with E-state index >= 15 is 0 Å². The fourth-order valence-corrected chi connectivity index (χ4v) is 2.71. The zero-order valence-corrected chi connectivity index (χ0v) is 12.4. The highest BCUT2D eigenvalue weighted by atomic mass is 19.1. The van der Waals surface area contributed by atoms with Gasteiger partial charge < -0.3 is 9.47 Å². The van der Waals surface area contributed by atoms with Gasteiger partial charge in [-0.2, -0.15) is 0 Å². The van der Waals surface area contributed by atoms with Crippen LogP contribution in [0.3, 0.4) is 0 Å². The molecule has 108 valence electrons. The fraction of sp³-hybridized carbons (Fsp3) is 0.222. The van der Waals surface area contributed by atoms with Gasteiger partial charge in [-0.15, -0.1) is 0 Å². The fourth-order valence-electron chi connectivity index (χ4n) is 2.71. The van der Waals surface area contributed by atoms with E-state index in [9.17, 15) is 4.39 Å². The van der Waals surface area contributed by atoms with Crippen molar-refractivity contribution in [3.8, 4) is 11.3 Å². The molecule has 0 spiro atoms. The van der Waals surface area contributed by atoms with Crippen LogP contribution in [0.4, 0.5) is 10.1 Å². The van der Waals surface area contributed by atoms with E-state index in [2.05, 4.69) is 54.1 Å². The summed E-state index contributed by atoms with van der Waals surface area (Å²) in [6.07, 6.45) is 0. The number of aromatic nitrogens is 1. The third-order valence-corrected chi connectivity index (χ3v) is 3.98. The summed E-state index contributed by atoms with van der Waals surface area (Å²) in [5.74, 6) is 0. The standard InChI is InChI=1S/C18H19FN2/c1-20(12-11-19)16-9-7-14(8-10-16)18-13-15-5-3-4-6-17(15)21(18)2/h3-10,13H,11-12H2,1-2H3. The minimum absolute atomic E-state index is 0.332. The Labute approximate surface area is 124 Å². The third kappa shape index (κ3) is 2.51. The highest BCUT2D eigenvalue weighted by Gasteiger charge is 2.08.